The van der Waals surface area contributed by atoms with Crippen molar-refractivity contribution in [1.82, 2.24) is 0 Å². The standard InChI is InChI=1S/C27H29F3N4O2/c1-5-7-13-34(14-8-6-2)21-11-9-19(24(15-21)35-4)10-12-23-22(18-33)25(20(16-31)17-32)36-26(23,3)27(28,29)30/h9-12,15H,5-8,13-14H2,1-4H3. The Morgan fingerprint density at radius 2 is 1.69 bits per heavy atom. The van der Waals surface area contributed by atoms with Gasteiger partial charge in [-0.1, -0.05) is 38.8 Å². The van der Waals surface area contributed by atoms with E-state index in [0.717, 1.165) is 57.5 Å². The van der Waals surface area contributed by atoms with Crippen molar-refractivity contribution >= 4 is 11.8 Å². The molecular weight excluding hydrogens is 469 g/mol. The third-order valence-electron chi connectivity index (χ3n) is 5.99. The molecule has 6 nitrogen and oxygen atoms in total. The Bertz CT molecular complexity index is 1160. The molecule has 1 heterocycles. The molecule has 0 spiro atoms. The van der Waals surface area contributed by atoms with E-state index in [4.69, 9.17) is 20.0 Å². The lowest BCUT2D eigenvalue weighted by atomic mass is 9.91. The molecule has 0 saturated heterocycles. The highest BCUT2D eigenvalue weighted by atomic mass is 19.4. The van der Waals surface area contributed by atoms with Crippen molar-refractivity contribution in [2.75, 3.05) is 25.1 Å². The van der Waals surface area contributed by atoms with E-state index in [9.17, 15) is 18.4 Å². The van der Waals surface area contributed by atoms with Gasteiger partial charge in [-0.3, -0.25) is 0 Å². The maximum Gasteiger partial charge on any atom is 0.432 e. The van der Waals surface area contributed by atoms with Crippen LogP contribution in [-0.4, -0.2) is 32.0 Å². The van der Waals surface area contributed by atoms with Crippen molar-refractivity contribution in [2.45, 2.75) is 58.2 Å². The topological polar surface area (TPSA) is 93.1 Å². The largest absolute Gasteiger partial charge is 0.496 e. The first kappa shape index (κ1) is 28.3. The number of benzene rings is 1. The van der Waals surface area contributed by atoms with Gasteiger partial charge in [-0.15, -0.1) is 0 Å². The van der Waals surface area contributed by atoms with E-state index in [1.54, 1.807) is 12.1 Å². The van der Waals surface area contributed by atoms with E-state index >= 15 is 0 Å². The van der Waals surface area contributed by atoms with Crippen molar-refractivity contribution in [1.29, 1.82) is 15.8 Å². The van der Waals surface area contributed by atoms with Gasteiger partial charge >= 0.3 is 6.18 Å². The van der Waals surface area contributed by atoms with Gasteiger partial charge in [0.05, 0.1) is 7.11 Å². The molecule has 0 bridgehead atoms. The summed E-state index contributed by atoms with van der Waals surface area (Å²) >= 11 is 0. The van der Waals surface area contributed by atoms with Crippen LogP contribution in [0.3, 0.4) is 0 Å². The maximum absolute atomic E-state index is 14.0. The molecule has 0 fully saturated rings. The molecule has 1 aliphatic heterocycles. The number of ether oxygens (including phenoxy) is 2. The van der Waals surface area contributed by atoms with Crippen LogP contribution in [0.4, 0.5) is 18.9 Å². The highest BCUT2D eigenvalue weighted by molar-refractivity contribution is 5.69. The smallest absolute Gasteiger partial charge is 0.432 e. The summed E-state index contributed by atoms with van der Waals surface area (Å²) in [6, 6.07) is 10.1. The summed E-state index contributed by atoms with van der Waals surface area (Å²) in [5.74, 6) is -0.217. The van der Waals surface area contributed by atoms with E-state index in [2.05, 4.69) is 18.7 Å². The van der Waals surface area contributed by atoms with Crippen molar-refractivity contribution in [2.24, 2.45) is 0 Å². The predicted molar refractivity (Wildman–Crippen MR) is 130 cm³/mol. The Morgan fingerprint density at radius 3 is 2.17 bits per heavy atom. The van der Waals surface area contributed by atoms with E-state index in [-0.39, 0.29) is 0 Å². The lowest BCUT2D eigenvalue weighted by molar-refractivity contribution is -0.236. The third-order valence-corrected chi connectivity index (χ3v) is 5.99. The summed E-state index contributed by atoms with van der Waals surface area (Å²) in [7, 11) is 1.48. The van der Waals surface area contributed by atoms with E-state index in [1.165, 1.54) is 25.3 Å². The monoisotopic (exact) mass is 498 g/mol. The molecule has 0 saturated carbocycles. The van der Waals surface area contributed by atoms with Gasteiger partial charge in [0.1, 0.15) is 29.5 Å². The Hall–Kier alpha value is -3.90. The fraction of sp³-hybridized carbons (Fsp3) is 0.444. The van der Waals surface area contributed by atoms with Crippen LogP contribution in [0.15, 0.2) is 46.8 Å². The molecule has 0 amide bonds. The van der Waals surface area contributed by atoms with Gasteiger partial charge in [0, 0.05) is 36.0 Å². The summed E-state index contributed by atoms with van der Waals surface area (Å²) in [5, 5.41) is 27.9. The fourth-order valence-electron chi connectivity index (χ4n) is 3.81. The Labute approximate surface area is 210 Å². The number of halogens is 3. The molecule has 2 rings (SSSR count). The predicted octanol–water partition coefficient (Wildman–Crippen LogP) is 6.59. The van der Waals surface area contributed by atoms with E-state index < -0.39 is 34.3 Å². The minimum atomic E-state index is -4.92. The SMILES string of the molecule is CCCCN(CCCC)c1ccc(C=CC2=C(C#N)C(=C(C#N)C#N)OC2(C)C(F)(F)F)c(OC)c1. The average molecular weight is 499 g/mol. The molecule has 36 heavy (non-hydrogen) atoms. The normalized spacial score (nSPS) is 17.4. The van der Waals surface area contributed by atoms with E-state index in [1.807, 2.05) is 12.1 Å². The van der Waals surface area contributed by atoms with Crippen LogP contribution < -0.4 is 9.64 Å². The first-order valence-corrected chi connectivity index (χ1v) is 11.7. The summed E-state index contributed by atoms with van der Waals surface area (Å²) in [6.45, 7) is 6.76. The number of rotatable bonds is 10. The summed E-state index contributed by atoms with van der Waals surface area (Å²) in [5.41, 5.74) is -3.16. The molecule has 1 aromatic rings. The lowest BCUT2D eigenvalue weighted by Crippen LogP contribution is -2.43. The second kappa shape index (κ2) is 12.2. The van der Waals surface area contributed by atoms with Crippen LogP contribution in [0.1, 0.15) is 52.0 Å². The Morgan fingerprint density at radius 1 is 1.08 bits per heavy atom. The second-order valence-corrected chi connectivity index (χ2v) is 8.42. The number of methoxy groups -OCH3 is 1. The molecule has 9 heteroatoms. The fourth-order valence-corrected chi connectivity index (χ4v) is 3.81. The zero-order chi connectivity index (χ0) is 26.9. The molecule has 0 aromatic heterocycles. The van der Waals surface area contributed by atoms with Gasteiger partial charge in [0.25, 0.3) is 0 Å². The second-order valence-electron chi connectivity index (χ2n) is 8.42. The first-order chi connectivity index (χ1) is 17.1. The number of hydrogen-bond donors (Lipinski definition) is 0. The zero-order valence-corrected chi connectivity index (χ0v) is 20.9. The van der Waals surface area contributed by atoms with Gasteiger partial charge in [0.2, 0.25) is 5.60 Å². The first-order valence-electron chi connectivity index (χ1n) is 11.7. The van der Waals surface area contributed by atoms with Gasteiger partial charge in [-0.2, -0.15) is 29.0 Å². The van der Waals surface area contributed by atoms with Crippen LogP contribution in [0.25, 0.3) is 6.08 Å². The highest BCUT2D eigenvalue weighted by Gasteiger charge is 2.60. The van der Waals surface area contributed by atoms with Crippen LogP contribution in [0.5, 0.6) is 5.75 Å². The van der Waals surface area contributed by atoms with Gasteiger partial charge < -0.3 is 14.4 Å². The summed E-state index contributed by atoms with van der Waals surface area (Å²) in [4.78, 5) is 2.26. The van der Waals surface area contributed by atoms with Crippen LogP contribution in [0.2, 0.25) is 0 Å². The minimum Gasteiger partial charge on any atom is -0.496 e. The van der Waals surface area contributed by atoms with Gasteiger partial charge in [-0.05, 0) is 31.9 Å². The van der Waals surface area contributed by atoms with Crippen molar-refractivity contribution in [3.05, 3.63) is 52.3 Å². The quantitative estimate of drug-likeness (QED) is 0.338. The molecule has 1 aromatic carbocycles. The van der Waals surface area contributed by atoms with Gasteiger partial charge in [0.15, 0.2) is 11.3 Å². The van der Waals surface area contributed by atoms with Crippen LogP contribution in [0, 0.1) is 34.0 Å². The highest BCUT2D eigenvalue weighted by Crippen LogP contribution is 2.49. The number of allylic oxidation sites excluding steroid dienone is 2. The molecule has 0 radical (unpaired) electrons. The van der Waals surface area contributed by atoms with Crippen molar-refractivity contribution in [3.8, 4) is 24.0 Å². The number of unbranched alkanes of at least 4 members (excludes halogenated alkanes) is 2. The summed E-state index contributed by atoms with van der Waals surface area (Å²) in [6.07, 6.45) is 1.77. The van der Waals surface area contributed by atoms with Gasteiger partial charge in [-0.25, -0.2) is 0 Å². The Kier molecular flexibility index (Phi) is 9.59. The third kappa shape index (κ3) is 5.83. The average Bonchev–Trinajstić information content (AvgIpc) is 3.16. The maximum atomic E-state index is 14.0. The zero-order valence-electron chi connectivity index (χ0n) is 20.9. The molecule has 1 unspecified atom stereocenters. The van der Waals surface area contributed by atoms with E-state index in [0.29, 0.717) is 11.3 Å². The Balaban J connectivity index is 2.59. The summed E-state index contributed by atoms with van der Waals surface area (Å²) < 4.78 is 52.7. The van der Waals surface area contributed by atoms with Crippen molar-refractivity contribution < 1.29 is 22.6 Å². The molecule has 190 valence electrons. The number of anilines is 1. The number of nitrogens with zero attached hydrogens (tertiary/aromatic N) is 4. The number of nitriles is 3. The minimum absolute atomic E-state index is 0.457. The molecular formula is C27H29F3N4O2. The molecule has 0 aliphatic carbocycles. The number of hydrogen-bond acceptors (Lipinski definition) is 6. The van der Waals surface area contributed by atoms with Crippen LogP contribution in [-0.2, 0) is 4.74 Å². The molecule has 1 aliphatic rings. The molecule has 1 atom stereocenters. The lowest BCUT2D eigenvalue weighted by Gasteiger charge is -2.28. The molecule has 0 N–H and O–H groups in total. The van der Waals surface area contributed by atoms with Crippen LogP contribution >= 0.6 is 0 Å². The van der Waals surface area contributed by atoms with Crippen molar-refractivity contribution in [3.63, 3.8) is 0 Å². The number of alkyl halides is 3.